The lowest BCUT2D eigenvalue weighted by Crippen LogP contribution is -2.37. The highest BCUT2D eigenvalue weighted by Gasteiger charge is 2.22. The minimum absolute atomic E-state index is 0.0900. The number of hydrogen-bond acceptors (Lipinski definition) is 6. The van der Waals surface area contributed by atoms with Crippen LogP contribution in [-0.4, -0.2) is 47.9 Å². The Morgan fingerprint density at radius 1 is 1.21 bits per heavy atom. The van der Waals surface area contributed by atoms with Crippen molar-refractivity contribution in [3.63, 3.8) is 0 Å². The van der Waals surface area contributed by atoms with Crippen LogP contribution < -0.4 is 9.64 Å². The van der Waals surface area contributed by atoms with Crippen molar-refractivity contribution in [2.45, 2.75) is 6.42 Å². The standard InChI is InChI=1S/C15H15ClF2N4O2/c16-15-20-13(22-4-7-23-8-5-22)12(18)14(21-15)24-6-3-11-2-1-10(17)9-19-11/h1-2,9H,3-8H2. The Morgan fingerprint density at radius 3 is 2.71 bits per heavy atom. The third kappa shape index (κ3) is 4.07. The summed E-state index contributed by atoms with van der Waals surface area (Å²) in [6, 6.07) is 2.85. The molecule has 0 N–H and O–H groups in total. The van der Waals surface area contributed by atoms with E-state index < -0.39 is 11.6 Å². The van der Waals surface area contributed by atoms with Gasteiger partial charge < -0.3 is 14.4 Å². The van der Waals surface area contributed by atoms with E-state index in [0.29, 0.717) is 38.4 Å². The first kappa shape index (κ1) is 16.8. The van der Waals surface area contributed by atoms with E-state index in [1.165, 1.54) is 6.07 Å². The van der Waals surface area contributed by atoms with Crippen LogP contribution in [0.3, 0.4) is 0 Å². The van der Waals surface area contributed by atoms with E-state index in [9.17, 15) is 8.78 Å². The van der Waals surface area contributed by atoms with Crippen molar-refractivity contribution in [3.05, 3.63) is 40.9 Å². The predicted molar refractivity (Wildman–Crippen MR) is 83.4 cm³/mol. The molecule has 0 atom stereocenters. The molecule has 1 saturated heterocycles. The van der Waals surface area contributed by atoms with Crippen molar-refractivity contribution in [3.8, 4) is 5.88 Å². The molecular weight excluding hydrogens is 342 g/mol. The third-order valence-corrected chi connectivity index (χ3v) is 3.64. The van der Waals surface area contributed by atoms with Crippen molar-refractivity contribution in [2.75, 3.05) is 37.8 Å². The maximum atomic E-state index is 14.6. The molecule has 3 rings (SSSR count). The highest BCUT2D eigenvalue weighted by atomic mass is 35.5. The van der Waals surface area contributed by atoms with Gasteiger partial charge in [0.1, 0.15) is 5.82 Å². The number of halogens is 3. The van der Waals surface area contributed by atoms with E-state index in [0.717, 1.165) is 6.20 Å². The van der Waals surface area contributed by atoms with Gasteiger partial charge in [-0.15, -0.1) is 0 Å². The number of hydrogen-bond donors (Lipinski definition) is 0. The molecule has 1 aliphatic rings. The number of pyridine rings is 1. The number of aromatic nitrogens is 3. The van der Waals surface area contributed by atoms with Gasteiger partial charge in [0.15, 0.2) is 5.82 Å². The van der Waals surface area contributed by atoms with Crippen molar-refractivity contribution in [1.29, 1.82) is 0 Å². The van der Waals surface area contributed by atoms with Crippen LogP contribution in [0.5, 0.6) is 5.88 Å². The molecule has 9 heteroatoms. The fourth-order valence-electron chi connectivity index (χ4n) is 2.28. The van der Waals surface area contributed by atoms with Crippen LogP contribution in [-0.2, 0) is 11.2 Å². The SMILES string of the molecule is Fc1ccc(CCOc2nc(Cl)nc(N3CCOCC3)c2F)nc1. The molecule has 0 spiro atoms. The summed E-state index contributed by atoms with van der Waals surface area (Å²) in [4.78, 5) is 13.4. The highest BCUT2D eigenvalue weighted by molar-refractivity contribution is 6.28. The fourth-order valence-corrected chi connectivity index (χ4v) is 2.43. The van der Waals surface area contributed by atoms with Gasteiger partial charge in [-0.05, 0) is 23.7 Å². The van der Waals surface area contributed by atoms with Crippen molar-refractivity contribution in [1.82, 2.24) is 15.0 Å². The smallest absolute Gasteiger partial charge is 0.257 e. The number of morpholine rings is 1. The molecule has 24 heavy (non-hydrogen) atoms. The van der Waals surface area contributed by atoms with Gasteiger partial charge in [-0.3, -0.25) is 4.98 Å². The van der Waals surface area contributed by atoms with E-state index in [-0.39, 0.29) is 23.6 Å². The lowest BCUT2D eigenvalue weighted by molar-refractivity contribution is 0.122. The molecule has 0 radical (unpaired) electrons. The van der Waals surface area contributed by atoms with Gasteiger partial charge in [0, 0.05) is 25.2 Å². The van der Waals surface area contributed by atoms with Crippen LogP contribution in [0.25, 0.3) is 0 Å². The van der Waals surface area contributed by atoms with Crippen LogP contribution in [0.2, 0.25) is 5.28 Å². The molecular formula is C15H15ClF2N4O2. The van der Waals surface area contributed by atoms with Gasteiger partial charge in [-0.25, -0.2) is 4.39 Å². The van der Waals surface area contributed by atoms with E-state index >= 15 is 0 Å². The van der Waals surface area contributed by atoms with Gasteiger partial charge in [0.2, 0.25) is 11.1 Å². The highest BCUT2D eigenvalue weighted by Crippen LogP contribution is 2.26. The van der Waals surface area contributed by atoms with Gasteiger partial charge in [0.25, 0.3) is 5.88 Å². The Labute approximate surface area is 142 Å². The van der Waals surface area contributed by atoms with Gasteiger partial charge in [-0.2, -0.15) is 14.4 Å². The molecule has 128 valence electrons. The molecule has 0 amide bonds. The summed E-state index contributed by atoms with van der Waals surface area (Å²) < 4.78 is 38.0. The molecule has 0 aliphatic carbocycles. The Hall–Kier alpha value is -2.06. The normalized spacial score (nSPS) is 14.7. The summed E-state index contributed by atoms with van der Waals surface area (Å²) in [5.41, 5.74) is 0.630. The van der Waals surface area contributed by atoms with E-state index in [1.54, 1.807) is 11.0 Å². The molecule has 0 unspecified atom stereocenters. The zero-order valence-corrected chi connectivity index (χ0v) is 13.5. The van der Waals surface area contributed by atoms with Crippen molar-refractivity contribution in [2.24, 2.45) is 0 Å². The zero-order valence-electron chi connectivity index (χ0n) is 12.7. The lowest BCUT2D eigenvalue weighted by atomic mass is 10.3. The first-order chi connectivity index (χ1) is 11.6. The second-order valence-corrected chi connectivity index (χ2v) is 5.44. The van der Waals surface area contributed by atoms with Crippen molar-refractivity contribution < 1.29 is 18.3 Å². The second kappa shape index (κ2) is 7.67. The summed E-state index contributed by atoms with van der Waals surface area (Å²) in [6.07, 6.45) is 1.50. The Bertz CT molecular complexity index is 697. The van der Waals surface area contributed by atoms with Gasteiger partial charge >= 0.3 is 0 Å². The molecule has 3 heterocycles. The molecule has 0 bridgehead atoms. The summed E-state index contributed by atoms with van der Waals surface area (Å²) in [7, 11) is 0. The van der Waals surface area contributed by atoms with Gasteiger partial charge in [0.05, 0.1) is 26.0 Å². The van der Waals surface area contributed by atoms with E-state index in [2.05, 4.69) is 15.0 Å². The predicted octanol–water partition coefficient (Wildman–Crippen LogP) is 2.26. The van der Waals surface area contributed by atoms with Crippen LogP contribution in [0.1, 0.15) is 5.69 Å². The number of nitrogens with zero attached hydrogens (tertiary/aromatic N) is 4. The van der Waals surface area contributed by atoms with Crippen molar-refractivity contribution >= 4 is 17.4 Å². The number of anilines is 1. The van der Waals surface area contributed by atoms with E-state index in [4.69, 9.17) is 21.1 Å². The average molecular weight is 357 g/mol. The van der Waals surface area contributed by atoms with Crippen LogP contribution in [0.4, 0.5) is 14.6 Å². The second-order valence-electron chi connectivity index (χ2n) is 5.10. The minimum Gasteiger partial charge on any atom is -0.475 e. The molecule has 6 nitrogen and oxygen atoms in total. The van der Waals surface area contributed by atoms with Crippen LogP contribution in [0, 0.1) is 11.6 Å². The number of rotatable bonds is 5. The molecule has 2 aromatic heterocycles. The first-order valence-corrected chi connectivity index (χ1v) is 7.80. The minimum atomic E-state index is -0.659. The van der Waals surface area contributed by atoms with Crippen LogP contribution >= 0.6 is 11.6 Å². The third-order valence-electron chi connectivity index (χ3n) is 3.47. The fraction of sp³-hybridized carbons (Fsp3) is 0.400. The Morgan fingerprint density at radius 2 is 2.00 bits per heavy atom. The monoisotopic (exact) mass is 356 g/mol. The first-order valence-electron chi connectivity index (χ1n) is 7.42. The average Bonchev–Trinajstić information content (AvgIpc) is 2.60. The summed E-state index contributed by atoms with van der Waals surface area (Å²) in [5, 5.41) is -0.0900. The molecule has 1 aliphatic heterocycles. The van der Waals surface area contributed by atoms with Gasteiger partial charge in [-0.1, -0.05) is 0 Å². The summed E-state index contributed by atoms with van der Waals surface area (Å²) >= 11 is 5.87. The summed E-state index contributed by atoms with van der Waals surface area (Å²) in [6.45, 7) is 2.15. The molecule has 0 aromatic carbocycles. The van der Waals surface area contributed by atoms with Crippen LogP contribution in [0.15, 0.2) is 18.3 Å². The zero-order chi connectivity index (χ0) is 16.9. The largest absolute Gasteiger partial charge is 0.475 e. The maximum Gasteiger partial charge on any atom is 0.257 e. The number of ether oxygens (including phenoxy) is 2. The topological polar surface area (TPSA) is 60.4 Å². The Balaban J connectivity index is 1.68. The quantitative estimate of drug-likeness (QED) is 0.766. The molecule has 0 saturated carbocycles. The van der Waals surface area contributed by atoms with E-state index in [1.807, 2.05) is 0 Å². The Kier molecular flexibility index (Phi) is 5.37. The maximum absolute atomic E-state index is 14.6. The molecule has 2 aromatic rings. The lowest BCUT2D eigenvalue weighted by Gasteiger charge is -2.28. The molecule has 1 fully saturated rings. The summed E-state index contributed by atoms with van der Waals surface area (Å²) in [5.74, 6) is -1.18.